The second-order valence-electron chi connectivity index (χ2n) is 6.79. The Kier molecular flexibility index (Phi) is 5.04. The summed E-state index contributed by atoms with van der Waals surface area (Å²) in [6.45, 7) is 3.01. The fraction of sp³-hybridized carbons (Fsp3) is 0.556. The van der Waals surface area contributed by atoms with Crippen LogP contribution >= 0.6 is 0 Å². The van der Waals surface area contributed by atoms with E-state index in [1.165, 1.54) is 0 Å². The van der Waals surface area contributed by atoms with Crippen LogP contribution in [-0.2, 0) is 18.3 Å². The average molecular weight is 330 g/mol. The number of furan rings is 1. The number of carbonyl (C=O) groups is 1. The third kappa shape index (κ3) is 3.70. The van der Waals surface area contributed by atoms with E-state index in [1.54, 1.807) is 10.9 Å². The molecule has 3 heterocycles. The number of aryl methyl sites for hydroxylation is 2. The number of nitrogens with zero attached hydrogens (tertiary/aromatic N) is 3. The van der Waals surface area contributed by atoms with E-state index >= 15 is 0 Å². The summed E-state index contributed by atoms with van der Waals surface area (Å²) in [5.74, 6) is 1.50. The van der Waals surface area contributed by atoms with Crippen LogP contribution in [0.25, 0.3) is 0 Å². The van der Waals surface area contributed by atoms with Crippen molar-refractivity contribution in [1.82, 2.24) is 20.0 Å². The van der Waals surface area contributed by atoms with Crippen LogP contribution in [0.4, 0.5) is 0 Å². The summed E-state index contributed by atoms with van der Waals surface area (Å²) >= 11 is 0. The smallest absolute Gasteiger partial charge is 0.223 e. The van der Waals surface area contributed by atoms with Crippen LogP contribution in [0.3, 0.4) is 0 Å². The first kappa shape index (κ1) is 16.8. The van der Waals surface area contributed by atoms with E-state index in [2.05, 4.69) is 17.3 Å². The lowest BCUT2D eigenvalue weighted by Gasteiger charge is -2.25. The highest BCUT2D eigenvalue weighted by Gasteiger charge is 2.38. The summed E-state index contributed by atoms with van der Waals surface area (Å²) in [6.07, 6.45) is 8.12. The summed E-state index contributed by atoms with van der Waals surface area (Å²) in [4.78, 5) is 14.0. The largest absolute Gasteiger partial charge is 0.469 e. The van der Waals surface area contributed by atoms with Crippen molar-refractivity contribution in [1.29, 1.82) is 0 Å². The molecule has 6 heteroatoms. The Morgan fingerprint density at radius 3 is 2.96 bits per heavy atom. The van der Waals surface area contributed by atoms with Crippen LogP contribution in [0.2, 0.25) is 0 Å². The van der Waals surface area contributed by atoms with Gasteiger partial charge < -0.3 is 14.6 Å². The molecule has 1 amide bonds. The highest BCUT2D eigenvalue weighted by atomic mass is 16.3. The maximum atomic E-state index is 12.2. The molecule has 0 aromatic carbocycles. The highest BCUT2D eigenvalue weighted by molar-refractivity contribution is 5.79. The van der Waals surface area contributed by atoms with Gasteiger partial charge in [0.15, 0.2) is 0 Å². The molecule has 2 aromatic rings. The standard InChI is InChI=1S/C18H26N4O2/c1-13(6-7-16-5-4-8-24-16)19-10-14-9-17(23)22(3)18(14)15-11-20-21(2)12-15/h4-5,8,11-14,18-19H,6-7,9-10H2,1-3H3/t13-,14+,18-/m1/s1. The normalized spacial score (nSPS) is 22.3. The van der Waals surface area contributed by atoms with Gasteiger partial charge in [-0.05, 0) is 25.5 Å². The predicted molar refractivity (Wildman–Crippen MR) is 91.3 cm³/mol. The number of hydrogen-bond acceptors (Lipinski definition) is 4. The van der Waals surface area contributed by atoms with Gasteiger partial charge in [0.05, 0.1) is 18.5 Å². The molecule has 130 valence electrons. The van der Waals surface area contributed by atoms with Gasteiger partial charge in [0.25, 0.3) is 0 Å². The minimum atomic E-state index is 0.107. The van der Waals surface area contributed by atoms with Crippen LogP contribution in [0.1, 0.15) is 37.1 Å². The lowest BCUT2D eigenvalue weighted by atomic mass is 9.95. The summed E-state index contributed by atoms with van der Waals surface area (Å²) in [5.41, 5.74) is 1.11. The zero-order chi connectivity index (χ0) is 17.1. The van der Waals surface area contributed by atoms with Gasteiger partial charge in [-0.25, -0.2) is 0 Å². The lowest BCUT2D eigenvalue weighted by molar-refractivity contribution is -0.127. The molecule has 1 aliphatic heterocycles. The quantitative estimate of drug-likeness (QED) is 0.845. The van der Waals surface area contributed by atoms with Gasteiger partial charge in [0, 0.05) is 57.2 Å². The Morgan fingerprint density at radius 2 is 2.29 bits per heavy atom. The molecule has 6 nitrogen and oxygen atoms in total. The first-order valence-electron chi connectivity index (χ1n) is 8.54. The third-order valence-corrected chi connectivity index (χ3v) is 4.89. The van der Waals surface area contributed by atoms with E-state index in [4.69, 9.17) is 4.42 Å². The SMILES string of the molecule is C[C@H](CCc1ccco1)NC[C@@H]1CC(=O)N(C)[C@H]1c1cnn(C)c1. The van der Waals surface area contributed by atoms with Crippen molar-refractivity contribution < 1.29 is 9.21 Å². The Bertz CT molecular complexity index is 664. The molecule has 0 saturated carbocycles. The minimum Gasteiger partial charge on any atom is -0.469 e. The van der Waals surface area contributed by atoms with Crippen molar-refractivity contribution in [3.05, 3.63) is 42.1 Å². The average Bonchev–Trinajstić information content (AvgIpc) is 3.26. The topological polar surface area (TPSA) is 63.3 Å². The number of amides is 1. The molecule has 1 fully saturated rings. The molecule has 1 N–H and O–H groups in total. The van der Waals surface area contributed by atoms with Crippen molar-refractivity contribution in [3.8, 4) is 0 Å². The number of likely N-dealkylation sites (tertiary alicyclic amines) is 1. The zero-order valence-electron chi connectivity index (χ0n) is 14.6. The van der Waals surface area contributed by atoms with E-state index in [1.807, 2.05) is 43.5 Å². The number of rotatable bonds is 7. The first-order valence-corrected chi connectivity index (χ1v) is 8.54. The molecule has 0 aliphatic carbocycles. The molecule has 0 spiro atoms. The molecule has 0 bridgehead atoms. The fourth-order valence-electron chi connectivity index (χ4n) is 3.49. The van der Waals surface area contributed by atoms with Gasteiger partial charge >= 0.3 is 0 Å². The summed E-state index contributed by atoms with van der Waals surface area (Å²) in [6, 6.07) is 4.42. The Morgan fingerprint density at radius 1 is 1.46 bits per heavy atom. The van der Waals surface area contributed by atoms with E-state index < -0.39 is 0 Å². The number of carbonyl (C=O) groups excluding carboxylic acids is 1. The molecule has 2 aromatic heterocycles. The number of aromatic nitrogens is 2. The Hall–Kier alpha value is -2.08. The summed E-state index contributed by atoms with van der Waals surface area (Å²) < 4.78 is 7.17. The maximum absolute atomic E-state index is 12.2. The van der Waals surface area contributed by atoms with Crippen LogP contribution in [0.5, 0.6) is 0 Å². The fourth-order valence-corrected chi connectivity index (χ4v) is 3.49. The number of nitrogens with one attached hydrogen (secondary N) is 1. The van der Waals surface area contributed by atoms with Crippen molar-refractivity contribution >= 4 is 5.91 Å². The van der Waals surface area contributed by atoms with Crippen LogP contribution in [0.15, 0.2) is 35.2 Å². The molecule has 1 aliphatic rings. The highest BCUT2D eigenvalue weighted by Crippen LogP contribution is 2.36. The second-order valence-corrected chi connectivity index (χ2v) is 6.79. The van der Waals surface area contributed by atoms with Gasteiger partial charge in [-0.2, -0.15) is 5.10 Å². The summed E-state index contributed by atoms with van der Waals surface area (Å²) in [7, 11) is 3.80. The molecule has 3 rings (SSSR count). The molecule has 3 atom stereocenters. The molecule has 0 unspecified atom stereocenters. The maximum Gasteiger partial charge on any atom is 0.223 e. The van der Waals surface area contributed by atoms with Crippen LogP contribution < -0.4 is 5.32 Å². The van der Waals surface area contributed by atoms with Gasteiger partial charge in [0.1, 0.15) is 5.76 Å². The first-order chi connectivity index (χ1) is 11.5. The molecular weight excluding hydrogens is 304 g/mol. The van der Waals surface area contributed by atoms with Crippen molar-refractivity contribution in [3.63, 3.8) is 0 Å². The molecule has 1 saturated heterocycles. The minimum absolute atomic E-state index is 0.107. The van der Waals surface area contributed by atoms with Gasteiger partial charge in [0.2, 0.25) is 5.91 Å². The van der Waals surface area contributed by atoms with Crippen LogP contribution in [-0.4, -0.2) is 40.2 Å². The van der Waals surface area contributed by atoms with E-state index in [0.717, 1.165) is 30.7 Å². The van der Waals surface area contributed by atoms with E-state index in [0.29, 0.717) is 12.5 Å². The predicted octanol–water partition coefficient (Wildman–Crippen LogP) is 2.14. The Labute approximate surface area is 142 Å². The zero-order valence-corrected chi connectivity index (χ0v) is 14.6. The summed E-state index contributed by atoms with van der Waals surface area (Å²) in [5, 5.41) is 7.84. The third-order valence-electron chi connectivity index (χ3n) is 4.89. The van der Waals surface area contributed by atoms with Crippen molar-refractivity contribution in [2.75, 3.05) is 13.6 Å². The van der Waals surface area contributed by atoms with Crippen molar-refractivity contribution in [2.45, 2.75) is 38.3 Å². The van der Waals surface area contributed by atoms with Gasteiger partial charge in [-0.3, -0.25) is 9.48 Å². The van der Waals surface area contributed by atoms with E-state index in [9.17, 15) is 4.79 Å². The molecule has 0 radical (unpaired) electrons. The van der Waals surface area contributed by atoms with Crippen molar-refractivity contribution in [2.24, 2.45) is 13.0 Å². The van der Waals surface area contributed by atoms with Crippen LogP contribution in [0, 0.1) is 5.92 Å². The number of hydrogen-bond donors (Lipinski definition) is 1. The van der Waals surface area contributed by atoms with Gasteiger partial charge in [-0.15, -0.1) is 0 Å². The monoisotopic (exact) mass is 330 g/mol. The molecule has 24 heavy (non-hydrogen) atoms. The van der Waals surface area contributed by atoms with Gasteiger partial charge in [-0.1, -0.05) is 0 Å². The lowest BCUT2D eigenvalue weighted by Crippen LogP contribution is -2.34. The second kappa shape index (κ2) is 7.21. The Balaban J connectivity index is 1.55. The van der Waals surface area contributed by atoms with E-state index in [-0.39, 0.29) is 17.9 Å². The molecular formula is C18H26N4O2.